The molecule has 1 unspecified atom stereocenters. The standard InChI is InChI=1S/C11H23N3O/c1-3-4-5-8-14(2)11(15)10-9-12-6-7-13-10/h10,12-13H,3-9H2,1-2H3. The second-order valence-electron chi connectivity index (χ2n) is 4.18. The van der Waals surface area contributed by atoms with Gasteiger partial charge in [0.1, 0.15) is 0 Å². The van der Waals surface area contributed by atoms with Gasteiger partial charge in [-0.25, -0.2) is 0 Å². The highest BCUT2D eigenvalue weighted by Crippen LogP contribution is 1.99. The van der Waals surface area contributed by atoms with Gasteiger partial charge in [0, 0.05) is 33.2 Å². The van der Waals surface area contributed by atoms with Crippen molar-refractivity contribution in [1.82, 2.24) is 15.5 Å². The average molecular weight is 213 g/mol. The number of carbonyl (C=O) groups is 1. The molecule has 1 amide bonds. The van der Waals surface area contributed by atoms with E-state index in [-0.39, 0.29) is 11.9 Å². The van der Waals surface area contributed by atoms with Crippen LogP contribution in [0.4, 0.5) is 0 Å². The molecule has 1 heterocycles. The van der Waals surface area contributed by atoms with Crippen LogP contribution < -0.4 is 10.6 Å². The minimum absolute atomic E-state index is 0.0228. The number of nitrogens with one attached hydrogen (secondary N) is 2. The Bertz CT molecular complexity index is 190. The Morgan fingerprint density at radius 1 is 1.40 bits per heavy atom. The van der Waals surface area contributed by atoms with Crippen LogP contribution in [0.15, 0.2) is 0 Å². The van der Waals surface area contributed by atoms with E-state index in [9.17, 15) is 4.79 Å². The van der Waals surface area contributed by atoms with Gasteiger partial charge in [0.25, 0.3) is 0 Å². The Labute approximate surface area is 92.4 Å². The maximum absolute atomic E-state index is 11.9. The molecule has 0 radical (unpaired) electrons. The van der Waals surface area contributed by atoms with Crippen LogP contribution in [0.5, 0.6) is 0 Å². The van der Waals surface area contributed by atoms with Crippen LogP contribution in [-0.4, -0.2) is 50.1 Å². The molecule has 0 aromatic rings. The summed E-state index contributed by atoms with van der Waals surface area (Å²) < 4.78 is 0. The summed E-state index contributed by atoms with van der Waals surface area (Å²) in [6.45, 7) is 5.67. The Kier molecular flexibility index (Phi) is 5.65. The van der Waals surface area contributed by atoms with Gasteiger partial charge < -0.3 is 15.5 Å². The van der Waals surface area contributed by atoms with Crippen molar-refractivity contribution >= 4 is 5.91 Å². The molecule has 2 N–H and O–H groups in total. The first-order valence-corrected chi connectivity index (χ1v) is 5.94. The van der Waals surface area contributed by atoms with E-state index in [1.807, 2.05) is 11.9 Å². The van der Waals surface area contributed by atoms with Gasteiger partial charge in [-0.15, -0.1) is 0 Å². The third-order valence-electron chi connectivity index (χ3n) is 2.81. The molecule has 0 aromatic heterocycles. The van der Waals surface area contributed by atoms with E-state index in [0.29, 0.717) is 0 Å². The van der Waals surface area contributed by atoms with Gasteiger partial charge in [-0.3, -0.25) is 4.79 Å². The molecular weight excluding hydrogens is 190 g/mol. The van der Waals surface area contributed by atoms with E-state index in [4.69, 9.17) is 0 Å². The van der Waals surface area contributed by atoms with E-state index >= 15 is 0 Å². The molecular formula is C11H23N3O. The Hall–Kier alpha value is -0.610. The van der Waals surface area contributed by atoms with Crippen LogP contribution in [0.1, 0.15) is 26.2 Å². The molecule has 1 saturated heterocycles. The highest BCUT2D eigenvalue weighted by molar-refractivity contribution is 5.82. The molecule has 1 atom stereocenters. The summed E-state index contributed by atoms with van der Waals surface area (Å²) in [4.78, 5) is 13.8. The van der Waals surface area contributed by atoms with Crippen LogP contribution in [0.2, 0.25) is 0 Å². The Morgan fingerprint density at radius 2 is 2.20 bits per heavy atom. The van der Waals surface area contributed by atoms with Crippen LogP contribution in [0.25, 0.3) is 0 Å². The van der Waals surface area contributed by atoms with Gasteiger partial charge in [0.05, 0.1) is 6.04 Å². The van der Waals surface area contributed by atoms with Crippen LogP contribution in [-0.2, 0) is 4.79 Å². The lowest BCUT2D eigenvalue weighted by Gasteiger charge is -2.28. The summed E-state index contributed by atoms with van der Waals surface area (Å²) in [7, 11) is 1.90. The molecule has 15 heavy (non-hydrogen) atoms. The molecule has 1 fully saturated rings. The van der Waals surface area contributed by atoms with E-state index in [0.717, 1.165) is 32.6 Å². The lowest BCUT2D eigenvalue weighted by Crippen LogP contribution is -2.56. The fourth-order valence-corrected chi connectivity index (χ4v) is 1.80. The zero-order chi connectivity index (χ0) is 11.1. The van der Waals surface area contributed by atoms with E-state index < -0.39 is 0 Å². The van der Waals surface area contributed by atoms with Crippen LogP contribution in [0, 0.1) is 0 Å². The lowest BCUT2D eigenvalue weighted by atomic mass is 10.2. The predicted octanol–water partition coefficient (Wildman–Crippen LogP) is 0.196. The molecule has 1 aliphatic rings. The monoisotopic (exact) mass is 213 g/mol. The first-order valence-electron chi connectivity index (χ1n) is 5.94. The van der Waals surface area contributed by atoms with Gasteiger partial charge in [-0.1, -0.05) is 19.8 Å². The lowest BCUT2D eigenvalue weighted by molar-refractivity contribution is -0.132. The quantitative estimate of drug-likeness (QED) is 0.641. The number of carbonyl (C=O) groups excluding carboxylic acids is 1. The van der Waals surface area contributed by atoms with E-state index in [1.165, 1.54) is 12.8 Å². The Balaban J connectivity index is 2.24. The number of likely N-dealkylation sites (N-methyl/N-ethyl adjacent to an activating group) is 1. The van der Waals surface area contributed by atoms with E-state index in [2.05, 4.69) is 17.6 Å². The van der Waals surface area contributed by atoms with Crippen molar-refractivity contribution in [3.8, 4) is 0 Å². The number of hydrogen-bond donors (Lipinski definition) is 2. The highest BCUT2D eigenvalue weighted by Gasteiger charge is 2.22. The van der Waals surface area contributed by atoms with Gasteiger partial charge in [-0.05, 0) is 6.42 Å². The number of piperazine rings is 1. The second kappa shape index (κ2) is 6.80. The predicted molar refractivity (Wildman–Crippen MR) is 61.8 cm³/mol. The number of hydrogen-bond acceptors (Lipinski definition) is 3. The normalized spacial score (nSPS) is 21.3. The van der Waals surface area contributed by atoms with Crippen molar-refractivity contribution < 1.29 is 4.79 Å². The summed E-state index contributed by atoms with van der Waals surface area (Å²) in [6, 6.07) is -0.0228. The van der Waals surface area contributed by atoms with Crippen LogP contribution in [0.3, 0.4) is 0 Å². The fourth-order valence-electron chi connectivity index (χ4n) is 1.80. The topological polar surface area (TPSA) is 44.4 Å². The summed E-state index contributed by atoms with van der Waals surface area (Å²) in [5.74, 6) is 0.221. The molecule has 0 aromatic carbocycles. The zero-order valence-electron chi connectivity index (χ0n) is 9.88. The third-order valence-corrected chi connectivity index (χ3v) is 2.81. The maximum atomic E-state index is 11.9. The molecule has 1 aliphatic heterocycles. The second-order valence-corrected chi connectivity index (χ2v) is 4.18. The smallest absolute Gasteiger partial charge is 0.240 e. The largest absolute Gasteiger partial charge is 0.344 e. The molecule has 4 heteroatoms. The van der Waals surface area contributed by atoms with Gasteiger partial charge >= 0.3 is 0 Å². The average Bonchev–Trinajstić information content (AvgIpc) is 2.29. The molecule has 0 aliphatic carbocycles. The van der Waals surface area contributed by atoms with Crippen LogP contribution >= 0.6 is 0 Å². The van der Waals surface area contributed by atoms with E-state index in [1.54, 1.807) is 0 Å². The van der Waals surface area contributed by atoms with Gasteiger partial charge in [-0.2, -0.15) is 0 Å². The van der Waals surface area contributed by atoms with Crippen molar-refractivity contribution in [2.45, 2.75) is 32.2 Å². The first kappa shape index (κ1) is 12.5. The van der Waals surface area contributed by atoms with Gasteiger partial charge in [0.15, 0.2) is 0 Å². The third kappa shape index (κ3) is 4.18. The number of rotatable bonds is 5. The zero-order valence-corrected chi connectivity index (χ0v) is 9.88. The fraction of sp³-hybridized carbons (Fsp3) is 0.909. The summed E-state index contributed by atoms with van der Waals surface area (Å²) in [6.07, 6.45) is 3.51. The van der Waals surface area contributed by atoms with Crippen molar-refractivity contribution in [2.75, 3.05) is 33.2 Å². The number of unbranched alkanes of at least 4 members (excludes halogenated alkanes) is 2. The summed E-state index contributed by atoms with van der Waals surface area (Å²) in [5, 5.41) is 6.46. The molecule has 0 saturated carbocycles. The van der Waals surface area contributed by atoms with Crippen molar-refractivity contribution in [1.29, 1.82) is 0 Å². The molecule has 1 rings (SSSR count). The summed E-state index contributed by atoms with van der Waals surface area (Å²) >= 11 is 0. The van der Waals surface area contributed by atoms with Crippen molar-refractivity contribution in [2.24, 2.45) is 0 Å². The molecule has 88 valence electrons. The Morgan fingerprint density at radius 3 is 2.80 bits per heavy atom. The van der Waals surface area contributed by atoms with Crippen molar-refractivity contribution in [3.05, 3.63) is 0 Å². The minimum Gasteiger partial charge on any atom is -0.344 e. The number of amides is 1. The first-order chi connectivity index (χ1) is 7.25. The molecule has 0 spiro atoms. The molecule has 0 bridgehead atoms. The maximum Gasteiger partial charge on any atom is 0.240 e. The molecule has 4 nitrogen and oxygen atoms in total. The summed E-state index contributed by atoms with van der Waals surface area (Å²) in [5.41, 5.74) is 0. The number of nitrogens with zero attached hydrogens (tertiary/aromatic N) is 1. The SMILES string of the molecule is CCCCCN(C)C(=O)C1CNCCN1. The van der Waals surface area contributed by atoms with Gasteiger partial charge in [0.2, 0.25) is 5.91 Å². The van der Waals surface area contributed by atoms with Crippen molar-refractivity contribution in [3.63, 3.8) is 0 Å². The minimum atomic E-state index is -0.0228. The highest BCUT2D eigenvalue weighted by atomic mass is 16.2.